The summed E-state index contributed by atoms with van der Waals surface area (Å²) in [4.78, 5) is 14.5. The van der Waals surface area contributed by atoms with Gasteiger partial charge in [0.25, 0.3) is 0 Å². The van der Waals surface area contributed by atoms with Gasteiger partial charge in [0.15, 0.2) is 0 Å². The largest absolute Gasteiger partial charge is 0.379 e. The van der Waals surface area contributed by atoms with E-state index in [1.165, 1.54) is 4.31 Å². The second-order valence-corrected chi connectivity index (χ2v) is 8.27. The number of rotatable bonds is 7. The highest BCUT2D eigenvalue weighted by Crippen LogP contribution is 2.23. The standard InChI is InChI=1S/C17H27N3O4S/c1-14-4-5-15(2)16(12-14)20(25(3,22)23)13-17(21)18-6-7-19-8-10-24-11-9-19/h4-5,12H,6-11,13H2,1-3H3,(H,18,21). The van der Waals surface area contributed by atoms with Gasteiger partial charge < -0.3 is 10.1 Å². The Labute approximate surface area is 150 Å². The van der Waals surface area contributed by atoms with Gasteiger partial charge in [-0.2, -0.15) is 0 Å². The summed E-state index contributed by atoms with van der Waals surface area (Å²) < 4.78 is 30.8. The molecule has 0 aromatic heterocycles. The van der Waals surface area contributed by atoms with Gasteiger partial charge >= 0.3 is 0 Å². The predicted octanol–water partition coefficient (Wildman–Crippen LogP) is 0.518. The van der Waals surface area contributed by atoms with Gasteiger partial charge in [-0.3, -0.25) is 14.0 Å². The maximum Gasteiger partial charge on any atom is 0.240 e. The van der Waals surface area contributed by atoms with Crippen molar-refractivity contribution in [2.24, 2.45) is 0 Å². The number of benzene rings is 1. The van der Waals surface area contributed by atoms with Gasteiger partial charge in [0, 0.05) is 26.2 Å². The molecule has 0 atom stereocenters. The lowest BCUT2D eigenvalue weighted by atomic mass is 10.1. The van der Waals surface area contributed by atoms with E-state index in [-0.39, 0.29) is 12.5 Å². The summed E-state index contributed by atoms with van der Waals surface area (Å²) in [5.41, 5.74) is 2.31. The first-order valence-corrected chi connectivity index (χ1v) is 10.2. The highest BCUT2D eigenvalue weighted by atomic mass is 32.2. The summed E-state index contributed by atoms with van der Waals surface area (Å²) in [6, 6.07) is 5.57. The molecule has 1 saturated heterocycles. The van der Waals surface area contributed by atoms with E-state index >= 15 is 0 Å². The molecule has 0 saturated carbocycles. The molecular formula is C17H27N3O4S. The minimum Gasteiger partial charge on any atom is -0.379 e. The Morgan fingerprint density at radius 2 is 1.96 bits per heavy atom. The SMILES string of the molecule is Cc1ccc(C)c(N(CC(=O)NCCN2CCOCC2)S(C)(=O)=O)c1. The number of aryl methyl sites for hydroxylation is 2. The van der Waals surface area contributed by atoms with Crippen molar-refractivity contribution >= 4 is 21.6 Å². The minimum absolute atomic E-state index is 0.216. The van der Waals surface area contributed by atoms with Crippen molar-refractivity contribution in [2.75, 3.05) is 56.5 Å². The molecule has 8 heteroatoms. The fourth-order valence-corrected chi connectivity index (χ4v) is 3.64. The summed E-state index contributed by atoms with van der Waals surface area (Å²) in [5.74, 6) is -0.306. The van der Waals surface area contributed by atoms with E-state index < -0.39 is 10.0 Å². The number of anilines is 1. The molecule has 2 rings (SSSR count). The Hall–Kier alpha value is -1.64. The fourth-order valence-electron chi connectivity index (χ4n) is 2.73. The lowest BCUT2D eigenvalue weighted by Crippen LogP contribution is -2.44. The van der Waals surface area contributed by atoms with Crippen LogP contribution in [0.5, 0.6) is 0 Å². The van der Waals surface area contributed by atoms with Crippen LogP contribution < -0.4 is 9.62 Å². The molecule has 1 aromatic rings. The van der Waals surface area contributed by atoms with Crippen molar-refractivity contribution in [3.63, 3.8) is 0 Å². The van der Waals surface area contributed by atoms with Gasteiger partial charge in [0.05, 0.1) is 25.2 Å². The number of sulfonamides is 1. The van der Waals surface area contributed by atoms with E-state index in [2.05, 4.69) is 10.2 Å². The van der Waals surface area contributed by atoms with Crippen LogP contribution in [0.2, 0.25) is 0 Å². The van der Waals surface area contributed by atoms with Gasteiger partial charge in [-0.1, -0.05) is 12.1 Å². The quantitative estimate of drug-likeness (QED) is 0.758. The molecule has 0 bridgehead atoms. The third-order valence-corrected chi connectivity index (χ3v) is 5.30. The Morgan fingerprint density at radius 1 is 1.28 bits per heavy atom. The minimum atomic E-state index is -3.55. The first-order chi connectivity index (χ1) is 11.8. The number of nitrogens with one attached hydrogen (secondary N) is 1. The Kier molecular flexibility index (Phi) is 6.80. The summed E-state index contributed by atoms with van der Waals surface area (Å²) in [6.07, 6.45) is 1.12. The number of carbonyl (C=O) groups excluding carboxylic acids is 1. The number of morpholine rings is 1. The van der Waals surface area contributed by atoms with Gasteiger partial charge in [0.2, 0.25) is 15.9 Å². The van der Waals surface area contributed by atoms with E-state index in [9.17, 15) is 13.2 Å². The molecular weight excluding hydrogens is 342 g/mol. The van der Waals surface area contributed by atoms with Crippen LogP contribution in [0.3, 0.4) is 0 Å². The number of hydrogen-bond donors (Lipinski definition) is 1. The zero-order chi connectivity index (χ0) is 18.4. The highest BCUT2D eigenvalue weighted by Gasteiger charge is 2.22. The monoisotopic (exact) mass is 369 g/mol. The number of nitrogens with zero attached hydrogens (tertiary/aromatic N) is 2. The molecule has 7 nitrogen and oxygen atoms in total. The van der Waals surface area contributed by atoms with Gasteiger partial charge in [-0.25, -0.2) is 8.42 Å². The lowest BCUT2D eigenvalue weighted by Gasteiger charge is -2.27. The molecule has 0 aliphatic carbocycles. The third kappa shape index (κ3) is 5.98. The molecule has 0 radical (unpaired) electrons. The van der Waals surface area contributed by atoms with E-state index in [4.69, 9.17) is 4.74 Å². The first kappa shape index (κ1) is 19.7. The molecule has 0 unspecified atom stereocenters. The van der Waals surface area contributed by atoms with Crippen LogP contribution in [0.4, 0.5) is 5.69 Å². The molecule has 25 heavy (non-hydrogen) atoms. The van der Waals surface area contributed by atoms with Crippen molar-refractivity contribution in [2.45, 2.75) is 13.8 Å². The van der Waals surface area contributed by atoms with Gasteiger partial charge in [-0.05, 0) is 31.0 Å². The molecule has 0 spiro atoms. The Morgan fingerprint density at radius 3 is 2.60 bits per heavy atom. The third-order valence-electron chi connectivity index (χ3n) is 4.17. The van der Waals surface area contributed by atoms with E-state index in [1.54, 1.807) is 6.07 Å². The summed E-state index contributed by atoms with van der Waals surface area (Å²) in [5, 5.41) is 2.81. The van der Waals surface area contributed by atoms with E-state index in [0.717, 1.165) is 37.0 Å². The van der Waals surface area contributed by atoms with Crippen molar-refractivity contribution in [1.29, 1.82) is 0 Å². The highest BCUT2D eigenvalue weighted by molar-refractivity contribution is 7.92. The average Bonchev–Trinajstić information content (AvgIpc) is 2.55. The van der Waals surface area contributed by atoms with Crippen LogP contribution in [-0.4, -0.2) is 71.4 Å². The summed E-state index contributed by atoms with van der Waals surface area (Å²) in [6.45, 7) is 7.87. The molecule has 1 aromatic carbocycles. The second kappa shape index (κ2) is 8.64. The second-order valence-electron chi connectivity index (χ2n) is 6.36. The predicted molar refractivity (Wildman–Crippen MR) is 98.4 cm³/mol. The molecule has 1 fully saturated rings. The maximum atomic E-state index is 12.3. The fraction of sp³-hybridized carbons (Fsp3) is 0.588. The molecule has 1 heterocycles. The van der Waals surface area contributed by atoms with Crippen LogP contribution in [0.1, 0.15) is 11.1 Å². The van der Waals surface area contributed by atoms with Crippen molar-refractivity contribution in [1.82, 2.24) is 10.2 Å². The van der Waals surface area contributed by atoms with Gasteiger partial charge in [-0.15, -0.1) is 0 Å². The van der Waals surface area contributed by atoms with E-state index in [1.807, 2.05) is 26.0 Å². The van der Waals surface area contributed by atoms with Crippen LogP contribution in [0.15, 0.2) is 18.2 Å². The first-order valence-electron chi connectivity index (χ1n) is 8.39. The maximum absolute atomic E-state index is 12.3. The van der Waals surface area contributed by atoms with E-state index in [0.29, 0.717) is 25.4 Å². The summed E-state index contributed by atoms with van der Waals surface area (Å²) in [7, 11) is -3.55. The normalized spacial score (nSPS) is 15.8. The lowest BCUT2D eigenvalue weighted by molar-refractivity contribution is -0.119. The smallest absolute Gasteiger partial charge is 0.240 e. The van der Waals surface area contributed by atoms with Crippen LogP contribution in [-0.2, 0) is 19.6 Å². The molecule has 1 amide bonds. The molecule has 1 N–H and O–H groups in total. The Bertz CT molecular complexity index is 700. The topological polar surface area (TPSA) is 79.0 Å². The molecule has 1 aliphatic rings. The zero-order valence-electron chi connectivity index (χ0n) is 15.1. The van der Waals surface area contributed by atoms with Crippen LogP contribution in [0.25, 0.3) is 0 Å². The average molecular weight is 369 g/mol. The molecule has 140 valence electrons. The van der Waals surface area contributed by atoms with Gasteiger partial charge in [0.1, 0.15) is 6.54 Å². The van der Waals surface area contributed by atoms with Crippen LogP contribution >= 0.6 is 0 Å². The summed E-state index contributed by atoms with van der Waals surface area (Å²) >= 11 is 0. The Balaban J connectivity index is 1.97. The van der Waals surface area contributed by atoms with Crippen molar-refractivity contribution < 1.29 is 17.9 Å². The number of amides is 1. The zero-order valence-corrected chi connectivity index (χ0v) is 15.9. The van der Waals surface area contributed by atoms with Crippen LogP contribution in [0, 0.1) is 13.8 Å². The number of hydrogen-bond acceptors (Lipinski definition) is 5. The van der Waals surface area contributed by atoms with Crippen molar-refractivity contribution in [3.05, 3.63) is 29.3 Å². The molecule has 1 aliphatic heterocycles. The number of carbonyl (C=O) groups is 1. The van der Waals surface area contributed by atoms with Crippen molar-refractivity contribution in [3.8, 4) is 0 Å². The number of ether oxygens (including phenoxy) is 1.